The lowest BCUT2D eigenvalue weighted by atomic mass is 9.82. The fraction of sp³-hybridized carbons (Fsp3) is 0.619. The maximum Gasteiger partial charge on any atom is 0.307 e. The molecule has 2 aliphatic rings. The summed E-state index contributed by atoms with van der Waals surface area (Å²) < 4.78 is 5.60. The number of fused-ring (bicyclic) bond motifs is 1. The molecule has 5 heteroatoms. The summed E-state index contributed by atoms with van der Waals surface area (Å²) in [5.41, 5.74) is 0.852. The second-order valence-electron chi connectivity index (χ2n) is 7.59. The zero-order valence-electron chi connectivity index (χ0n) is 15.5. The monoisotopic (exact) mass is 359 g/mol. The number of rotatable bonds is 7. The number of aliphatic carboxylic acids is 1. The van der Waals surface area contributed by atoms with Gasteiger partial charge in [-0.2, -0.15) is 0 Å². The van der Waals surface area contributed by atoms with E-state index in [1.54, 1.807) is 0 Å². The first kappa shape index (κ1) is 18.7. The van der Waals surface area contributed by atoms with Crippen molar-refractivity contribution in [3.63, 3.8) is 0 Å². The van der Waals surface area contributed by atoms with E-state index in [1.165, 1.54) is 25.7 Å². The van der Waals surface area contributed by atoms with Gasteiger partial charge in [-0.3, -0.25) is 9.59 Å². The molecule has 3 rings (SSSR count). The van der Waals surface area contributed by atoms with E-state index in [4.69, 9.17) is 4.74 Å². The molecule has 1 amide bonds. The predicted molar refractivity (Wildman–Crippen MR) is 99.1 cm³/mol. The Kier molecular flexibility index (Phi) is 6.17. The van der Waals surface area contributed by atoms with E-state index >= 15 is 0 Å². The van der Waals surface area contributed by atoms with E-state index in [9.17, 15) is 14.7 Å². The topological polar surface area (TPSA) is 66.8 Å². The number of hydrogen-bond acceptors (Lipinski definition) is 3. The SMILES string of the molecule is CCOc1ccccc1CC(CC(=O)N1C[C@H]2CCCC[C@H]2C1)C(=O)O. The third-order valence-corrected chi connectivity index (χ3v) is 5.84. The van der Waals surface area contributed by atoms with E-state index in [1.807, 2.05) is 36.1 Å². The molecule has 1 aromatic carbocycles. The standard InChI is InChI=1S/C21H29NO4/c1-2-26-19-10-6-5-7-15(19)11-18(21(24)25)12-20(23)22-13-16-8-3-4-9-17(16)14-22/h5-7,10,16-18H,2-4,8-9,11-14H2,1H3,(H,24,25)/t16-,17+,18?. The summed E-state index contributed by atoms with van der Waals surface area (Å²) in [6.07, 6.45) is 5.31. The highest BCUT2D eigenvalue weighted by Gasteiger charge is 2.37. The van der Waals surface area contributed by atoms with Crippen LogP contribution in [0.1, 0.15) is 44.6 Å². The van der Waals surface area contributed by atoms with Gasteiger partial charge in [0.2, 0.25) is 5.91 Å². The van der Waals surface area contributed by atoms with E-state index in [-0.39, 0.29) is 12.3 Å². The second-order valence-corrected chi connectivity index (χ2v) is 7.59. The Hall–Kier alpha value is -2.04. The molecule has 1 aliphatic heterocycles. The van der Waals surface area contributed by atoms with Gasteiger partial charge in [0.05, 0.1) is 12.5 Å². The van der Waals surface area contributed by atoms with Gasteiger partial charge < -0.3 is 14.7 Å². The molecule has 26 heavy (non-hydrogen) atoms. The summed E-state index contributed by atoms with van der Waals surface area (Å²) in [6.45, 7) is 4.06. The van der Waals surface area contributed by atoms with Crippen LogP contribution in [0.5, 0.6) is 5.75 Å². The van der Waals surface area contributed by atoms with Gasteiger partial charge in [0, 0.05) is 19.5 Å². The largest absolute Gasteiger partial charge is 0.494 e. The van der Waals surface area contributed by atoms with E-state index in [2.05, 4.69) is 0 Å². The lowest BCUT2D eigenvalue weighted by Crippen LogP contribution is -2.33. The summed E-state index contributed by atoms with van der Waals surface area (Å²) in [7, 11) is 0. The Morgan fingerprint density at radius 2 is 1.85 bits per heavy atom. The number of para-hydroxylation sites is 1. The molecular weight excluding hydrogens is 330 g/mol. The van der Waals surface area contributed by atoms with Crippen molar-refractivity contribution in [1.82, 2.24) is 4.90 Å². The van der Waals surface area contributed by atoms with Crippen molar-refractivity contribution in [1.29, 1.82) is 0 Å². The number of carboxylic acid groups (broad SMARTS) is 1. The maximum absolute atomic E-state index is 12.7. The molecule has 3 atom stereocenters. The normalized spacial score (nSPS) is 23.3. The predicted octanol–water partition coefficient (Wildman–Crippen LogP) is 3.37. The molecule has 1 saturated heterocycles. The van der Waals surface area contributed by atoms with Gasteiger partial charge >= 0.3 is 5.97 Å². The summed E-state index contributed by atoms with van der Waals surface area (Å²) >= 11 is 0. The van der Waals surface area contributed by atoms with E-state index in [0.29, 0.717) is 30.6 Å². The van der Waals surface area contributed by atoms with Crippen LogP contribution in [-0.4, -0.2) is 41.6 Å². The molecule has 0 aromatic heterocycles. The maximum atomic E-state index is 12.7. The van der Waals surface area contributed by atoms with Crippen LogP contribution in [0.3, 0.4) is 0 Å². The first-order chi connectivity index (χ1) is 12.6. The first-order valence-electron chi connectivity index (χ1n) is 9.79. The molecular formula is C21H29NO4. The van der Waals surface area contributed by atoms with Crippen molar-refractivity contribution in [3.05, 3.63) is 29.8 Å². The van der Waals surface area contributed by atoms with Crippen molar-refractivity contribution < 1.29 is 19.4 Å². The molecule has 1 N–H and O–H groups in total. The quantitative estimate of drug-likeness (QED) is 0.810. The third kappa shape index (κ3) is 4.37. The van der Waals surface area contributed by atoms with Crippen molar-refractivity contribution >= 4 is 11.9 Å². The van der Waals surface area contributed by atoms with Crippen LogP contribution in [0.2, 0.25) is 0 Å². The second kappa shape index (κ2) is 8.56. The molecule has 1 saturated carbocycles. The molecule has 142 valence electrons. The molecule has 1 aliphatic carbocycles. The van der Waals surface area contributed by atoms with Crippen LogP contribution >= 0.6 is 0 Å². The molecule has 1 aromatic rings. The summed E-state index contributed by atoms with van der Waals surface area (Å²) in [6, 6.07) is 7.49. The van der Waals surface area contributed by atoms with Gasteiger partial charge in [-0.05, 0) is 49.7 Å². The Balaban J connectivity index is 1.64. The Morgan fingerprint density at radius 1 is 1.19 bits per heavy atom. The molecule has 0 radical (unpaired) electrons. The first-order valence-corrected chi connectivity index (χ1v) is 9.79. The third-order valence-electron chi connectivity index (χ3n) is 5.84. The minimum atomic E-state index is -0.915. The minimum absolute atomic E-state index is 0.0132. The van der Waals surface area contributed by atoms with Crippen molar-refractivity contribution in [3.8, 4) is 5.75 Å². The Bertz CT molecular complexity index is 631. The minimum Gasteiger partial charge on any atom is -0.494 e. The fourth-order valence-electron chi connectivity index (χ4n) is 4.43. The molecule has 1 heterocycles. The van der Waals surface area contributed by atoms with Crippen LogP contribution in [0.4, 0.5) is 0 Å². The lowest BCUT2D eigenvalue weighted by molar-refractivity contribution is -0.145. The fourth-order valence-corrected chi connectivity index (χ4v) is 4.43. The van der Waals surface area contributed by atoms with Gasteiger partial charge in [0.15, 0.2) is 0 Å². The van der Waals surface area contributed by atoms with Gasteiger partial charge in [0.1, 0.15) is 5.75 Å². The van der Waals surface area contributed by atoms with Crippen molar-refractivity contribution in [2.45, 2.75) is 45.4 Å². The van der Waals surface area contributed by atoms with Crippen LogP contribution < -0.4 is 4.74 Å². The van der Waals surface area contributed by atoms with Crippen LogP contribution in [0.15, 0.2) is 24.3 Å². The van der Waals surface area contributed by atoms with Crippen molar-refractivity contribution in [2.24, 2.45) is 17.8 Å². The molecule has 0 spiro atoms. The van der Waals surface area contributed by atoms with E-state index < -0.39 is 11.9 Å². The number of amides is 1. The van der Waals surface area contributed by atoms with E-state index in [0.717, 1.165) is 18.7 Å². The zero-order chi connectivity index (χ0) is 18.5. The number of carbonyl (C=O) groups is 2. The lowest BCUT2D eigenvalue weighted by Gasteiger charge is -2.22. The molecule has 1 unspecified atom stereocenters. The smallest absolute Gasteiger partial charge is 0.307 e. The number of nitrogens with zero attached hydrogens (tertiary/aromatic N) is 1. The number of benzene rings is 1. The van der Waals surface area contributed by atoms with Gasteiger partial charge in [0.25, 0.3) is 0 Å². The van der Waals surface area contributed by atoms with Gasteiger partial charge in [-0.1, -0.05) is 31.0 Å². The molecule has 0 bridgehead atoms. The van der Waals surface area contributed by atoms with Gasteiger partial charge in [-0.25, -0.2) is 0 Å². The van der Waals surface area contributed by atoms with Crippen molar-refractivity contribution in [2.75, 3.05) is 19.7 Å². The summed E-state index contributed by atoms with van der Waals surface area (Å²) in [5.74, 6) is 0.305. The highest BCUT2D eigenvalue weighted by atomic mass is 16.5. The number of ether oxygens (including phenoxy) is 1. The number of carboxylic acids is 1. The highest BCUT2D eigenvalue weighted by molar-refractivity contribution is 5.82. The number of likely N-dealkylation sites (tertiary alicyclic amines) is 1. The van der Waals surface area contributed by atoms with Crippen LogP contribution in [-0.2, 0) is 16.0 Å². The molecule has 2 fully saturated rings. The highest BCUT2D eigenvalue weighted by Crippen LogP contribution is 2.36. The average molecular weight is 359 g/mol. The molecule has 5 nitrogen and oxygen atoms in total. The van der Waals surface area contributed by atoms with Gasteiger partial charge in [-0.15, -0.1) is 0 Å². The number of carbonyl (C=O) groups excluding carboxylic acids is 1. The Morgan fingerprint density at radius 3 is 2.46 bits per heavy atom. The summed E-state index contributed by atoms with van der Waals surface area (Å²) in [5, 5.41) is 9.64. The average Bonchev–Trinajstić information content (AvgIpc) is 3.07. The summed E-state index contributed by atoms with van der Waals surface area (Å²) in [4.78, 5) is 26.4. The van der Waals surface area contributed by atoms with Crippen LogP contribution in [0.25, 0.3) is 0 Å². The zero-order valence-corrected chi connectivity index (χ0v) is 15.5. The number of hydrogen-bond donors (Lipinski definition) is 1. The van der Waals surface area contributed by atoms with Crippen LogP contribution in [0, 0.1) is 17.8 Å². The Labute approximate surface area is 155 Å².